The van der Waals surface area contributed by atoms with E-state index in [1.807, 2.05) is 0 Å². The lowest BCUT2D eigenvalue weighted by Gasteiger charge is -2.20. The number of non-ortho nitro benzene ring substituents is 1. The largest absolute Gasteiger partial charge is 0.398 e. The molecule has 1 aliphatic rings. The summed E-state index contributed by atoms with van der Waals surface area (Å²) in [6, 6.07) is 4.03. The Bertz CT molecular complexity index is 544. The van der Waals surface area contributed by atoms with Crippen molar-refractivity contribution in [3.8, 4) is 0 Å². The van der Waals surface area contributed by atoms with Crippen LogP contribution in [0, 0.1) is 22.0 Å². The minimum atomic E-state index is -0.531. The smallest absolute Gasteiger partial charge is 0.270 e. The van der Waals surface area contributed by atoms with Gasteiger partial charge in [-0.1, -0.05) is 13.8 Å². The highest BCUT2D eigenvalue weighted by Crippen LogP contribution is 2.31. The predicted octanol–water partition coefficient (Wildman–Crippen LogP) is 2.34. The molecule has 1 fully saturated rings. The molecular weight excluding hydrogens is 258 g/mol. The minimum absolute atomic E-state index is 0.108. The standard InChI is InChI=1S/C14H19N3O3/c1-8-3-6-13(9(8)2)16-14(18)11-7-10(17(19)20)4-5-12(11)15/h4-5,7-9,13H,3,6,15H2,1-2H3,(H,16,18). The van der Waals surface area contributed by atoms with E-state index >= 15 is 0 Å². The van der Waals surface area contributed by atoms with Gasteiger partial charge in [0.25, 0.3) is 11.6 Å². The number of rotatable bonds is 3. The number of carbonyl (C=O) groups is 1. The van der Waals surface area contributed by atoms with E-state index in [1.165, 1.54) is 18.2 Å². The first-order chi connectivity index (χ1) is 9.40. The van der Waals surface area contributed by atoms with Gasteiger partial charge in [0.05, 0.1) is 10.5 Å². The molecule has 1 amide bonds. The molecule has 1 aromatic rings. The van der Waals surface area contributed by atoms with Gasteiger partial charge in [-0.2, -0.15) is 0 Å². The van der Waals surface area contributed by atoms with Gasteiger partial charge in [0.2, 0.25) is 0 Å². The monoisotopic (exact) mass is 277 g/mol. The van der Waals surface area contributed by atoms with E-state index in [9.17, 15) is 14.9 Å². The molecular formula is C14H19N3O3. The number of nitrogens with two attached hydrogens (primary N) is 1. The summed E-state index contributed by atoms with van der Waals surface area (Å²) in [4.78, 5) is 22.5. The number of anilines is 1. The lowest BCUT2D eigenvalue weighted by Crippen LogP contribution is -2.37. The van der Waals surface area contributed by atoms with Gasteiger partial charge in [-0.05, 0) is 30.7 Å². The maximum atomic E-state index is 12.2. The van der Waals surface area contributed by atoms with Crippen molar-refractivity contribution in [2.45, 2.75) is 32.7 Å². The first-order valence-corrected chi connectivity index (χ1v) is 6.75. The van der Waals surface area contributed by atoms with Crippen LogP contribution in [-0.4, -0.2) is 16.9 Å². The molecule has 1 saturated carbocycles. The van der Waals surface area contributed by atoms with Crippen molar-refractivity contribution in [2.75, 3.05) is 5.73 Å². The SMILES string of the molecule is CC1CCC(NC(=O)c2cc([N+](=O)[O-])ccc2N)C1C. The quantitative estimate of drug-likeness (QED) is 0.503. The van der Waals surface area contributed by atoms with Gasteiger partial charge in [0, 0.05) is 23.9 Å². The Labute approximate surface area is 117 Å². The molecule has 6 nitrogen and oxygen atoms in total. The molecule has 20 heavy (non-hydrogen) atoms. The highest BCUT2D eigenvalue weighted by atomic mass is 16.6. The maximum absolute atomic E-state index is 12.2. The number of benzene rings is 1. The fourth-order valence-electron chi connectivity index (χ4n) is 2.67. The Balaban J connectivity index is 2.17. The highest BCUT2D eigenvalue weighted by Gasteiger charge is 2.31. The molecule has 1 aliphatic carbocycles. The van der Waals surface area contributed by atoms with Crippen LogP contribution >= 0.6 is 0 Å². The van der Waals surface area contributed by atoms with E-state index in [0.717, 1.165) is 12.8 Å². The minimum Gasteiger partial charge on any atom is -0.398 e. The number of nitrogen functional groups attached to an aromatic ring is 1. The zero-order valence-electron chi connectivity index (χ0n) is 11.6. The number of hydrogen-bond donors (Lipinski definition) is 2. The Morgan fingerprint density at radius 3 is 2.65 bits per heavy atom. The Kier molecular flexibility index (Phi) is 3.92. The van der Waals surface area contributed by atoms with E-state index in [0.29, 0.717) is 11.8 Å². The summed E-state index contributed by atoms with van der Waals surface area (Å²) in [7, 11) is 0. The number of amides is 1. The van der Waals surface area contributed by atoms with Crippen molar-refractivity contribution in [2.24, 2.45) is 11.8 Å². The number of carbonyl (C=O) groups excluding carboxylic acids is 1. The van der Waals surface area contributed by atoms with E-state index in [2.05, 4.69) is 19.2 Å². The van der Waals surface area contributed by atoms with Crippen molar-refractivity contribution in [1.29, 1.82) is 0 Å². The average Bonchev–Trinajstić information content (AvgIpc) is 2.71. The molecule has 3 N–H and O–H groups in total. The molecule has 3 atom stereocenters. The summed E-state index contributed by atoms with van der Waals surface area (Å²) >= 11 is 0. The van der Waals surface area contributed by atoms with Crippen LogP contribution in [0.25, 0.3) is 0 Å². The number of nitro groups is 1. The topological polar surface area (TPSA) is 98.3 Å². The second kappa shape index (κ2) is 5.48. The molecule has 108 valence electrons. The van der Waals surface area contributed by atoms with Gasteiger partial charge >= 0.3 is 0 Å². The zero-order chi connectivity index (χ0) is 14.9. The molecule has 0 saturated heterocycles. The zero-order valence-corrected chi connectivity index (χ0v) is 11.6. The van der Waals surface area contributed by atoms with E-state index in [4.69, 9.17) is 5.73 Å². The normalized spacial score (nSPS) is 25.4. The fraction of sp³-hybridized carbons (Fsp3) is 0.500. The fourth-order valence-corrected chi connectivity index (χ4v) is 2.67. The molecule has 3 unspecified atom stereocenters. The van der Waals surface area contributed by atoms with E-state index < -0.39 is 4.92 Å². The first-order valence-electron chi connectivity index (χ1n) is 6.75. The van der Waals surface area contributed by atoms with E-state index in [1.54, 1.807) is 0 Å². The van der Waals surface area contributed by atoms with Crippen LogP contribution in [0.2, 0.25) is 0 Å². The molecule has 0 bridgehead atoms. The molecule has 2 rings (SSSR count). The summed E-state index contributed by atoms with van der Waals surface area (Å²) < 4.78 is 0. The predicted molar refractivity (Wildman–Crippen MR) is 76.3 cm³/mol. The van der Waals surface area contributed by atoms with Gasteiger partial charge in [-0.3, -0.25) is 14.9 Å². The first kappa shape index (κ1) is 14.3. The van der Waals surface area contributed by atoms with Crippen LogP contribution in [0.4, 0.5) is 11.4 Å². The molecule has 1 aromatic carbocycles. The molecule has 0 heterocycles. The van der Waals surface area contributed by atoms with Crippen LogP contribution in [0.1, 0.15) is 37.0 Å². The highest BCUT2D eigenvalue weighted by molar-refractivity contribution is 6.00. The van der Waals surface area contributed by atoms with Gasteiger partial charge < -0.3 is 11.1 Å². The van der Waals surface area contributed by atoms with Crippen molar-refractivity contribution in [3.63, 3.8) is 0 Å². The van der Waals surface area contributed by atoms with Crippen molar-refractivity contribution in [3.05, 3.63) is 33.9 Å². The number of nitrogens with one attached hydrogen (secondary N) is 1. The van der Waals surface area contributed by atoms with Gasteiger partial charge in [0.1, 0.15) is 0 Å². The van der Waals surface area contributed by atoms with Crippen LogP contribution in [-0.2, 0) is 0 Å². The summed E-state index contributed by atoms with van der Waals surface area (Å²) in [5, 5.41) is 13.7. The summed E-state index contributed by atoms with van der Waals surface area (Å²) in [6.07, 6.45) is 2.01. The maximum Gasteiger partial charge on any atom is 0.270 e. The van der Waals surface area contributed by atoms with Crippen molar-refractivity contribution < 1.29 is 9.72 Å². The summed E-state index contributed by atoms with van der Waals surface area (Å²) in [6.45, 7) is 4.28. The Hall–Kier alpha value is -2.11. The van der Waals surface area contributed by atoms with Crippen LogP contribution in [0.3, 0.4) is 0 Å². The lowest BCUT2D eigenvalue weighted by molar-refractivity contribution is -0.384. The second-order valence-electron chi connectivity index (χ2n) is 5.52. The lowest BCUT2D eigenvalue weighted by atomic mass is 9.97. The summed E-state index contributed by atoms with van der Waals surface area (Å²) in [5.74, 6) is 0.638. The number of nitro benzene ring substituents is 1. The van der Waals surface area contributed by atoms with Gasteiger partial charge in [0.15, 0.2) is 0 Å². The Morgan fingerprint density at radius 1 is 1.40 bits per heavy atom. The van der Waals surface area contributed by atoms with Crippen LogP contribution < -0.4 is 11.1 Å². The van der Waals surface area contributed by atoms with E-state index in [-0.39, 0.29) is 28.9 Å². The average molecular weight is 277 g/mol. The third-order valence-electron chi connectivity index (χ3n) is 4.27. The second-order valence-corrected chi connectivity index (χ2v) is 5.52. The van der Waals surface area contributed by atoms with Gasteiger partial charge in [-0.25, -0.2) is 0 Å². The third kappa shape index (κ3) is 2.74. The number of nitrogens with zero attached hydrogens (tertiary/aromatic N) is 1. The van der Waals surface area contributed by atoms with Crippen LogP contribution in [0.15, 0.2) is 18.2 Å². The molecule has 0 aromatic heterocycles. The van der Waals surface area contributed by atoms with Crippen LogP contribution in [0.5, 0.6) is 0 Å². The van der Waals surface area contributed by atoms with Gasteiger partial charge in [-0.15, -0.1) is 0 Å². The Morgan fingerprint density at radius 2 is 2.10 bits per heavy atom. The molecule has 0 spiro atoms. The summed E-state index contributed by atoms with van der Waals surface area (Å²) in [5.41, 5.74) is 6.04. The molecule has 0 radical (unpaired) electrons. The number of hydrogen-bond acceptors (Lipinski definition) is 4. The van der Waals surface area contributed by atoms with Crippen molar-refractivity contribution >= 4 is 17.3 Å². The van der Waals surface area contributed by atoms with Crippen molar-refractivity contribution in [1.82, 2.24) is 5.32 Å². The molecule has 0 aliphatic heterocycles. The molecule has 6 heteroatoms. The third-order valence-corrected chi connectivity index (χ3v) is 4.27.